The second-order valence-electron chi connectivity index (χ2n) is 4.00. The predicted molar refractivity (Wildman–Crippen MR) is 74.3 cm³/mol. The van der Waals surface area contributed by atoms with Gasteiger partial charge in [0.25, 0.3) is 0 Å². The molecule has 1 aromatic heterocycles. The van der Waals surface area contributed by atoms with Gasteiger partial charge in [-0.15, -0.1) is 5.10 Å². The lowest BCUT2D eigenvalue weighted by atomic mass is 10.2. The third-order valence-corrected chi connectivity index (χ3v) is 3.39. The molecule has 0 aliphatic rings. The highest BCUT2D eigenvalue weighted by Crippen LogP contribution is 2.26. The lowest BCUT2D eigenvalue weighted by Gasteiger charge is -2.09. The Balaban J connectivity index is 1.99. The van der Waals surface area contributed by atoms with Gasteiger partial charge in [0.05, 0.1) is 28.5 Å². The van der Waals surface area contributed by atoms with Crippen LogP contribution in [0.3, 0.4) is 0 Å². The maximum absolute atomic E-state index is 13.9. The number of hydrogen-bond acceptors (Lipinski definition) is 5. The molecule has 2 N–H and O–H groups in total. The molecule has 0 saturated carbocycles. The molecule has 0 radical (unpaired) electrons. The summed E-state index contributed by atoms with van der Waals surface area (Å²) in [6.07, 6.45) is 1.29. The number of benzene rings is 1. The fourth-order valence-corrected chi connectivity index (χ4v) is 2.02. The van der Waals surface area contributed by atoms with Crippen molar-refractivity contribution in [3.05, 3.63) is 39.9 Å². The topological polar surface area (TPSA) is 104 Å². The lowest BCUT2D eigenvalue weighted by Crippen LogP contribution is -2.12. The standard InChI is InChI=1S/C12H9BrFN5O2/c13-10-7(5-15)1-2-8(11(10)14)16-3-4-19-6-9(12(20)21)17-18-19/h1-2,6,16H,3-4H2,(H,20,21). The molecule has 108 valence electrons. The quantitative estimate of drug-likeness (QED) is 0.850. The second-order valence-corrected chi connectivity index (χ2v) is 4.79. The number of anilines is 1. The molecular formula is C12H9BrFN5O2. The van der Waals surface area contributed by atoms with Crippen molar-refractivity contribution in [2.45, 2.75) is 6.54 Å². The Labute approximate surface area is 127 Å². The van der Waals surface area contributed by atoms with Crippen LogP contribution in [0.4, 0.5) is 10.1 Å². The van der Waals surface area contributed by atoms with E-state index in [1.807, 2.05) is 6.07 Å². The van der Waals surface area contributed by atoms with Crippen molar-refractivity contribution in [3.8, 4) is 6.07 Å². The molecule has 0 atom stereocenters. The van der Waals surface area contributed by atoms with E-state index >= 15 is 0 Å². The zero-order valence-corrected chi connectivity index (χ0v) is 12.1. The van der Waals surface area contributed by atoms with E-state index in [2.05, 4.69) is 31.6 Å². The zero-order valence-electron chi connectivity index (χ0n) is 10.5. The first kappa shape index (κ1) is 14.9. The molecule has 1 heterocycles. The van der Waals surface area contributed by atoms with Gasteiger partial charge < -0.3 is 10.4 Å². The molecule has 0 bridgehead atoms. The summed E-state index contributed by atoms with van der Waals surface area (Å²) in [7, 11) is 0. The van der Waals surface area contributed by atoms with Gasteiger partial charge in [0, 0.05) is 6.54 Å². The van der Waals surface area contributed by atoms with Crippen molar-refractivity contribution >= 4 is 27.6 Å². The highest BCUT2D eigenvalue weighted by molar-refractivity contribution is 9.10. The normalized spacial score (nSPS) is 10.1. The number of nitrogens with one attached hydrogen (secondary N) is 1. The minimum atomic E-state index is -1.16. The number of nitriles is 1. The van der Waals surface area contributed by atoms with E-state index in [0.29, 0.717) is 13.1 Å². The Morgan fingerprint density at radius 2 is 2.33 bits per heavy atom. The summed E-state index contributed by atoms with van der Waals surface area (Å²) in [4.78, 5) is 10.6. The molecule has 7 nitrogen and oxygen atoms in total. The monoisotopic (exact) mass is 353 g/mol. The van der Waals surface area contributed by atoms with Gasteiger partial charge in [0.15, 0.2) is 11.5 Å². The maximum atomic E-state index is 13.9. The average Bonchev–Trinajstić information content (AvgIpc) is 2.93. The highest BCUT2D eigenvalue weighted by Gasteiger charge is 2.11. The third-order valence-electron chi connectivity index (χ3n) is 2.62. The molecule has 21 heavy (non-hydrogen) atoms. The number of hydrogen-bond donors (Lipinski definition) is 2. The summed E-state index contributed by atoms with van der Waals surface area (Å²) in [5.74, 6) is -1.71. The molecule has 0 amide bonds. The molecule has 2 rings (SSSR count). The van der Waals surface area contributed by atoms with Gasteiger partial charge in [0.1, 0.15) is 6.07 Å². The Kier molecular flexibility index (Phi) is 4.49. The van der Waals surface area contributed by atoms with Crippen LogP contribution in [-0.2, 0) is 6.54 Å². The maximum Gasteiger partial charge on any atom is 0.358 e. The molecule has 0 spiro atoms. The minimum absolute atomic E-state index is 0.101. The van der Waals surface area contributed by atoms with Crippen LogP contribution in [0.5, 0.6) is 0 Å². The van der Waals surface area contributed by atoms with E-state index in [-0.39, 0.29) is 21.4 Å². The second kappa shape index (κ2) is 6.32. The van der Waals surface area contributed by atoms with E-state index in [0.717, 1.165) is 0 Å². The summed E-state index contributed by atoms with van der Waals surface area (Å²) in [6.45, 7) is 0.634. The Hall–Kier alpha value is -2.47. The van der Waals surface area contributed by atoms with Crippen LogP contribution in [0.15, 0.2) is 22.8 Å². The fourth-order valence-electron chi connectivity index (χ4n) is 1.58. The molecule has 2 aromatic rings. The van der Waals surface area contributed by atoms with E-state index in [1.54, 1.807) is 0 Å². The van der Waals surface area contributed by atoms with Gasteiger partial charge in [-0.25, -0.2) is 13.9 Å². The van der Waals surface area contributed by atoms with Crippen molar-refractivity contribution in [3.63, 3.8) is 0 Å². The van der Waals surface area contributed by atoms with Crippen molar-refractivity contribution in [1.82, 2.24) is 15.0 Å². The number of halogens is 2. The van der Waals surface area contributed by atoms with E-state index in [1.165, 1.54) is 23.0 Å². The SMILES string of the molecule is N#Cc1ccc(NCCn2cc(C(=O)O)nn2)c(F)c1Br. The van der Waals surface area contributed by atoms with Gasteiger partial charge in [0.2, 0.25) is 0 Å². The number of rotatable bonds is 5. The van der Waals surface area contributed by atoms with Crippen molar-refractivity contribution < 1.29 is 14.3 Å². The van der Waals surface area contributed by atoms with E-state index in [9.17, 15) is 9.18 Å². The molecule has 1 aromatic carbocycles. The number of carboxylic acid groups (broad SMARTS) is 1. The molecule has 0 fully saturated rings. The van der Waals surface area contributed by atoms with Crippen molar-refractivity contribution in [2.24, 2.45) is 0 Å². The van der Waals surface area contributed by atoms with Crippen LogP contribution in [0.2, 0.25) is 0 Å². The van der Waals surface area contributed by atoms with E-state index < -0.39 is 11.8 Å². The summed E-state index contributed by atoms with van der Waals surface area (Å²) < 4.78 is 15.4. The molecule has 0 unspecified atom stereocenters. The first-order chi connectivity index (χ1) is 10.0. The first-order valence-corrected chi connectivity index (χ1v) is 6.57. The summed E-state index contributed by atoms with van der Waals surface area (Å²) in [5, 5.41) is 27.4. The smallest absolute Gasteiger partial charge is 0.358 e. The summed E-state index contributed by atoms with van der Waals surface area (Å²) >= 11 is 3.02. The average molecular weight is 354 g/mol. The van der Waals surface area contributed by atoms with Crippen LogP contribution in [0.25, 0.3) is 0 Å². The van der Waals surface area contributed by atoms with Crippen molar-refractivity contribution in [1.29, 1.82) is 5.26 Å². The third kappa shape index (κ3) is 3.35. The van der Waals surface area contributed by atoms with Gasteiger partial charge in [-0.05, 0) is 28.1 Å². The number of carbonyl (C=O) groups is 1. The molecular weight excluding hydrogens is 345 g/mol. The first-order valence-electron chi connectivity index (χ1n) is 5.78. The number of aromatic nitrogens is 3. The molecule has 9 heteroatoms. The predicted octanol–water partition coefficient (Wildman–Crippen LogP) is 1.86. The number of carboxylic acids is 1. The largest absolute Gasteiger partial charge is 0.476 e. The molecule has 0 saturated heterocycles. The van der Waals surface area contributed by atoms with Crippen LogP contribution in [-0.4, -0.2) is 32.6 Å². The van der Waals surface area contributed by atoms with Crippen molar-refractivity contribution in [2.75, 3.05) is 11.9 Å². The van der Waals surface area contributed by atoms with Gasteiger partial charge in [-0.2, -0.15) is 5.26 Å². The van der Waals surface area contributed by atoms with Crippen LogP contribution in [0, 0.1) is 17.1 Å². The van der Waals surface area contributed by atoms with Crippen LogP contribution >= 0.6 is 15.9 Å². The van der Waals surface area contributed by atoms with Crippen LogP contribution < -0.4 is 5.32 Å². The fraction of sp³-hybridized carbons (Fsp3) is 0.167. The summed E-state index contributed by atoms with van der Waals surface area (Å²) in [6, 6.07) is 4.82. The molecule has 0 aliphatic heterocycles. The van der Waals surface area contributed by atoms with Gasteiger partial charge in [-0.3, -0.25) is 0 Å². The Morgan fingerprint density at radius 1 is 1.57 bits per heavy atom. The number of nitrogens with zero attached hydrogens (tertiary/aromatic N) is 4. The van der Waals surface area contributed by atoms with Crippen LogP contribution in [0.1, 0.15) is 16.1 Å². The lowest BCUT2D eigenvalue weighted by molar-refractivity contribution is 0.0690. The highest BCUT2D eigenvalue weighted by atomic mass is 79.9. The Morgan fingerprint density at radius 3 is 2.95 bits per heavy atom. The van der Waals surface area contributed by atoms with Gasteiger partial charge >= 0.3 is 5.97 Å². The Bertz CT molecular complexity index is 725. The molecule has 0 aliphatic carbocycles. The van der Waals surface area contributed by atoms with E-state index in [4.69, 9.17) is 10.4 Å². The summed E-state index contributed by atoms with van der Waals surface area (Å²) in [5.41, 5.74) is 0.294. The minimum Gasteiger partial charge on any atom is -0.476 e. The van der Waals surface area contributed by atoms with Gasteiger partial charge in [-0.1, -0.05) is 5.21 Å². The number of aromatic carboxylic acids is 1. The zero-order chi connectivity index (χ0) is 15.4.